The number of H-pyrrole nitrogens is 1. The number of amides is 1. The van der Waals surface area contributed by atoms with Crippen molar-refractivity contribution in [2.24, 2.45) is 0 Å². The van der Waals surface area contributed by atoms with Gasteiger partial charge in [-0.1, -0.05) is 24.8 Å². The molecule has 0 saturated carbocycles. The molecule has 6 nitrogen and oxygen atoms in total. The van der Waals surface area contributed by atoms with Crippen molar-refractivity contribution in [1.29, 1.82) is 0 Å². The molecule has 3 heterocycles. The summed E-state index contributed by atoms with van der Waals surface area (Å²) in [6.07, 6.45) is 4.56. The third-order valence-corrected chi connectivity index (χ3v) is 4.54. The highest BCUT2D eigenvalue weighted by Gasteiger charge is 2.30. The maximum absolute atomic E-state index is 12.5. The maximum atomic E-state index is 12.5. The summed E-state index contributed by atoms with van der Waals surface area (Å²) in [6, 6.07) is 3.67. The van der Waals surface area contributed by atoms with Gasteiger partial charge in [-0.3, -0.25) is 14.6 Å². The van der Waals surface area contributed by atoms with Gasteiger partial charge in [-0.25, -0.2) is 4.98 Å². The number of nitrogens with zero attached hydrogens (tertiary/aromatic N) is 2. The predicted molar refractivity (Wildman–Crippen MR) is 85.2 cm³/mol. The predicted octanol–water partition coefficient (Wildman–Crippen LogP) is 2.14. The zero-order valence-electron chi connectivity index (χ0n) is 12.1. The van der Waals surface area contributed by atoms with Crippen molar-refractivity contribution < 1.29 is 4.79 Å². The van der Waals surface area contributed by atoms with Gasteiger partial charge in [-0.05, 0) is 18.1 Å². The van der Waals surface area contributed by atoms with Crippen LogP contribution in [0.25, 0.3) is 0 Å². The Morgan fingerprint density at radius 2 is 2.27 bits per heavy atom. The average Bonchev–Trinajstić information content (AvgIpc) is 2.52. The van der Waals surface area contributed by atoms with Crippen molar-refractivity contribution in [2.75, 3.05) is 11.1 Å². The molecule has 0 fully saturated rings. The summed E-state index contributed by atoms with van der Waals surface area (Å²) in [5.41, 5.74) is 1.16. The van der Waals surface area contributed by atoms with E-state index in [0.29, 0.717) is 16.5 Å². The first kappa shape index (κ1) is 14.8. The maximum Gasteiger partial charge on any atom is 0.257 e. The third-order valence-electron chi connectivity index (χ3n) is 3.46. The Balaban J connectivity index is 2.06. The number of pyridine rings is 1. The van der Waals surface area contributed by atoms with Crippen molar-refractivity contribution in [1.82, 2.24) is 15.0 Å². The van der Waals surface area contributed by atoms with Crippen LogP contribution < -0.4 is 10.9 Å². The number of carbonyl (C=O) groups excluding carboxylic acids is 1. The molecule has 1 aliphatic heterocycles. The average molecular weight is 316 g/mol. The molecule has 0 spiro atoms. The van der Waals surface area contributed by atoms with Crippen LogP contribution in [-0.2, 0) is 4.79 Å². The number of hydrogen-bond acceptors (Lipinski definition) is 5. The number of fused-ring (bicyclic) bond motifs is 1. The molecule has 0 bridgehead atoms. The second-order valence-electron chi connectivity index (χ2n) is 5.07. The van der Waals surface area contributed by atoms with Gasteiger partial charge in [0, 0.05) is 30.5 Å². The molecule has 1 atom stereocenters. The number of anilines is 1. The van der Waals surface area contributed by atoms with Crippen LogP contribution in [0.3, 0.4) is 0 Å². The molecule has 1 unspecified atom stereocenters. The Bertz CT molecular complexity index is 745. The Morgan fingerprint density at radius 3 is 3.00 bits per heavy atom. The molecular weight excluding hydrogens is 300 g/mol. The minimum atomic E-state index is -0.307. The zero-order valence-corrected chi connectivity index (χ0v) is 12.9. The fourth-order valence-corrected chi connectivity index (χ4v) is 3.20. The first-order valence-corrected chi connectivity index (χ1v) is 8.14. The monoisotopic (exact) mass is 316 g/mol. The van der Waals surface area contributed by atoms with E-state index in [1.807, 2.05) is 6.07 Å². The van der Waals surface area contributed by atoms with Crippen molar-refractivity contribution in [2.45, 2.75) is 30.8 Å². The molecule has 114 valence electrons. The largest absolute Gasteiger partial charge is 0.310 e. The van der Waals surface area contributed by atoms with E-state index in [-0.39, 0.29) is 23.8 Å². The molecule has 1 aliphatic rings. The van der Waals surface area contributed by atoms with E-state index in [4.69, 9.17) is 0 Å². The van der Waals surface area contributed by atoms with E-state index in [9.17, 15) is 9.59 Å². The van der Waals surface area contributed by atoms with Gasteiger partial charge >= 0.3 is 0 Å². The summed E-state index contributed by atoms with van der Waals surface area (Å²) in [6.45, 7) is 2.06. The lowest BCUT2D eigenvalue weighted by molar-refractivity contribution is -0.116. The van der Waals surface area contributed by atoms with Gasteiger partial charge < -0.3 is 10.3 Å². The first-order valence-electron chi connectivity index (χ1n) is 7.15. The highest BCUT2D eigenvalue weighted by Crippen LogP contribution is 2.33. The summed E-state index contributed by atoms with van der Waals surface area (Å²) in [4.78, 5) is 35.7. The number of nitrogens with one attached hydrogen (secondary N) is 2. The molecule has 0 aromatic carbocycles. The fourth-order valence-electron chi connectivity index (χ4n) is 2.48. The Kier molecular flexibility index (Phi) is 4.24. The molecule has 0 aliphatic carbocycles. The number of aromatic nitrogens is 3. The second kappa shape index (κ2) is 6.31. The van der Waals surface area contributed by atoms with Crippen LogP contribution in [0, 0.1) is 0 Å². The fraction of sp³-hybridized carbons (Fsp3) is 0.333. The highest BCUT2D eigenvalue weighted by atomic mass is 32.2. The summed E-state index contributed by atoms with van der Waals surface area (Å²) in [5.74, 6) is 0.791. The van der Waals surface area contributed by atoms with Crippen LogP contribution in [0.2, 0.25) is 0 Å². The summed E-state index contributed by atoms with van der Waals surface area (Å²) >= 11 is 1.48. The van der Waals surface area contributed by atoms with E-state index in [1.165, 1.54) is 11.8 Å². The van der Waals surface area contributed by atoms with Crippen LogP contribution in [0.5, 0.6) is 0 Å². The Hall–Kier alpha value is -2.15. The van der Waals surface area contributed by atoms with E-state index >= 15 is 0 Å². The Morgan fingerprint density at radius 1 is 1.41 bits per heavy atom. The lowest BCUT2D eigenvalue weighted by Gasteiger charge is -2.24. The Labute approximate surface area is 131 Å². The van der Waals surface area contributed by atoms with Gasteiger partial charge in [0.15, 0.2) is 5.16 Å². The molecule has 22 heavy (non-hydrogen) atoms. The SMILES string of the molecule is CCCSc1nc2c(c(=O)[nH]1)C(c1cccnc1)CC(=O)N2. The standard InChI is InChI=1S/C15H16N4O2S/c1-2-6-22-15-18-13-12(14(21)19-15)10(7-11(20)17-13)9-4-3-5-16-8-9/h3-5,8,10H,2,6-7H2,1H3,(H2,17,18,19,20,21). The van der Waals surface area contributed by atoms with Gasteiger partial charge in [-0.15, -0.1) is 0 Å². The highest BCUT2D eigenvalue weighted by molar-refractivity contribution is 7.99. The smallest absolute Gasteiger partial charge is 0.257 e. The molecule has 0 saturated heterocycles. The summed E-state index contributed by atoms with van der Waals surface area (Å²) in [7, 11) is 0. The van der Waals surface area contributed by atoms with E-state index < -0.39 is 0 Å². The van der Waals surface area contributed by atoms with E-state index in [1.54, 1.807) is 18.5 Å². The number of carbonyl (C=O) groups is 1. The zero-order chi connectivity index (χ0) is 15.5. The lowest BCUT2D eigenvalue weighted by atomic mass is 9.88. The van der Waals surface area contributed by atoms with E-state index in [2.05, 4.69) is 27.2 Å². The molecule has 1 amide bonds. The summed E-state index contributed by atoms with van der Waals surface area (Å²) in [5, 5.41) is 3.25. The number of rotatable bonds is 4. The number of hydrogen-bond donors (Lipinski definition) is 2. The van der Waals surface area contributed by atoms with Gasteiger partial charge in [0.05, 0.1) is 5.56 Å². The van der Waals surface area contributed by atoms with Crippen LogP contribution in [0.4, 0.5) is 5.82 Å². The lowest BCUT2D eigenvalue weighted by Crippen LogP contribution is -2.31. The van der Waals surface area contributed by atoms with Crippen LogP contribution in [0.15, 0.2) is 34.5 Å². The normalized spacial score (nSPS) is 17.0. The molecule has 2 aromatic rings. The molecular formula is C15H16N4O2S. The molecule has 3 rings (SSSR count). The van der Waals surface area contributed by atoms with E-state index in [0.717, 1.165) is 17.7 Å². The molecule has 2 aromatic heterocycles. The van der Waals surface area contributed by atoms with Gasteiger partial charge in [-0.2, -0.15) is 0 Å². The van der Waals surface area contributed by atoms with Crippen LogP contribution >= 0.6 is 11.8 Å². The minimum absolute atomic E-state index is 0.133. The molecule has 0 radical (unpaired) electrons. The molecule has 2 N–H and O–H groups in total. The van der Waals surface area contributed by atoms with Gasteiger partial charge in [0.25, 0.3) is 5.56 Å². The van der Waals surface area contributed by atoms with Crippen LogP contribution in [-0.4, -0.2) is 26.6 Å². The third kappa shape index (κ3) is 2.89. The first-order chi connectivity index (χ1) is 10.7. The van der Waals surface area contributed by atoms with Gasteiger partial charge in [0.2, 0.25) is 5.91 Å². The minimum Gasteiger partial charge on any atom is -0.310 e. The number of aromatic amines is 1. The molecule has 7 heteroatoms. The quantitative estimate of drug-likeness (QED) is 0.666. The van der Waals surface area contributed by atoms with Crippen molar-refractivity contribution in [3.05, 3.63) is 46.0 Å². The number of thioether (sulfide) groups is 1. The topological polar surface area (TPSA) is 87.7 Å². The van der Waals surface area contributed by atoms with Crippen molar-refractivity contribution >= 4 is 23.5 Å². The van der Waals surface area contributed by atoms with Crippen LogP contribution in [0.1, 0.15) is 36.8 Å². The van der Waals surface area contributed by atoms with Crippen molar-refractivity contribution in [3.63, 3.8) is 0 Å². The summed E-state index contributed by atoms with van der Waals surface area (Å²) < 4.78 is 0. The van der Waals surface area contributed by atoms with Crippen molar-refractivity contribution in [3.8, 4) is 0 Å². The van der Waals surface area contributed by atoms with Gasteiger partial charge in [0.1, 0.15) is 5.82 Å². The second-order valence-corrected chi connectivity index (χ2v) is 6.16.